The van der Waals surface area contributed by atoms with E-state index in [-0.39, 0.29) is 94.6 Å². The van der Waals surface area contributed by atoms with Crippen molar-refractivity contribution in [2.24, 2.45) is 0 Å². The van der Waals surface area contributed by atoms with E-state index in [1.807, 2.05) is 96.1 Å². The van der Waals surface area contributed by atoms with Crippen LogP contribution < -0.4 is 81.2 Å². The average Bonchev–Trinajstić information content (AvgIpc) is 0.813. The van der Waals surface area contributed by atoms with E-state index in [0.29, 0.717) is 132 Å². The van der Waals surface area contributed by atoms with E-state index in [4.69, 9.17) is 65.8 Å². The van der Waals surface area contributed by atoms with Gasteiger partial charge in [0.2, 0.25) is 47.1 Å². The van der Waals surface area contributed by atoms with Crippen LogP contribution in [0.25, 0.3) is 0 Å². The van der Waals surface area contributed by atoms with Gasteiger partial charge in [0.1, 0.15) is 151 Å². The molecule has 0 spiro atoms. The lowest BCUT2D eigenvalue weighted by molar-refractivity contribution is -0.117. The largest absolute Gasteiger partial charge is 0.497 e. The van der Waals surface area contributed by atoms with Crippen molar-refractivity contribution >= 4 is 56.5 Å². The predicted molar refractivity (Wildman–Crippen MR) is 498 cm³/mol. The van der Waals surface area contributed by atoms with Crippen LogP contribution in [0.1, 0.15) is 83.3 Å². The van der Waals surface area contributed by atoms with Crippen molar-refractivity contribution in [2.45, 2.75) is 95.4 Å². The van der Waals surface area contributed by atoms with Crippen molar-refractivity contribution in [3.05, 3.63) is 281 Å². The molecular formula is C100H109F3N8O20S. The molecule has 4 heterocycles. The minimum Gasteiger partial charge on any atom is -0.497 e. The minimum atomic E-state index is -3.58. The molecule has 4 aromatic heterocycles. The van der Waals surface area contributed by atoms with Gasteiger partial charge in [0.05, 0.1) is 68.0 Å². The fourth-order valence-electron chi connectivity index (χ4n) is 13.0. The Kier molecular flexibility index (Phi) is 38.6. The molecule has 696 valence electrons. The van der Waals surface area contributed by atoms with Gasteiger partial charge in [0, 0.05) is 74.7 Å². The third-order valence-corrected chi connectivity index (χ3v) is 20.9. The Labute approximate surface area is 767 Å². The number of ether oxygens (including phenoxy) is 13. The highest BCUT2D eigenvalue weighted by atomic mass is 32.2. The van der Waals surface area contributed by atoms with E-state index in [9.17, 15) is 40.8 Å². The average molecular weight is 1830 g/mol. The molecule has 0 unspecified atom stereocenters. The maximum atomic E-state index is 12.8. The van der Waals surface area contributed by atoms with E-state index in [2.05, 4.69) is 19.9 Å². The lowest BCUT2D eigenvalue weighted by Gasteiger charge is -2.25. The third kappa shape index (κ3) is 29.2. The molecule has 0 saturated heterocycles. The number of alkyl halides is 3. The number of rotatable bonds is 39. The van der Waals surface area contributed by atoms with Crippen LogP contribution in [0.15, 0.2) is 225 Å². The maximum Gasteiger partial charge on any atom is 0.264 e. The lowest BCUT2D eigenvalue weighted by atomic mass is 10.1. The fourth-order valence-corrected chi connectivity index (χ4v) is 13.3. The van der Waals surface area contributed by atoms with Gasteiger partial charge in [-0.3, -0.25) is 23.4 Å². The van der Waals surface area contributed by atoms with E-state index >= 15 is 0 Å². The monoisotopic (exact) mass is 1830 g/mol. The van der Waals surface area contributed by atoms with E-state index < -0.39 is 30.1 Å². The topological polar surface area (TPSA) is 296 Å². The molecule has 12 aromatic rings. The van der Waals surface area contributed by atoms with Crippen molar-refractivity contribution in [1.82, 2.24) is 19.9 Å². The first-order valence-corrected chi connectivity index (χ1v) is 43.5. The van der Waals surface area contributed by atoms with Crippen molar-refractivity contribution < 1.29 is 107 Å². The van der Waals surface area contributed by atoms with Crippen LogP contribution in [0.2, 0.25) is 0 Å². The smallest absolute Gasteiger partial charge is 0.264 e. The van der Waals surface area contributed by atoms with Crippen LogP contribution in [-0.2, 0) is 59.7 Å². The summed E-state index contributed by atoms with van der Waals surface area (Å²) < 4.78 is 138. The molecule has 0 radical (unpaired) electrons. The number of nitrogens with zero attached hydrogens (tertiary/aromatic N) is 8. The molecule has 32 heteroatoms. The molecular weight excluding hydrogens is 1720 g/mol. The quantitative estimate of drug-likeness (QED) is 0.0255. The number of hydrogen-bond acceptors (Lipinski definition) is 24. The number of anilines is 4. The normalized spacial score (nSPS) is 10.7. The van der Waals surface area contributed by atoms with Gasteiger partial charge in [-0.2, -0.15) is 8.42 Å². The number of halogens is 3. The zero-order chi connectivity index (χ0) is 95.4. The zero-order valence-corrected chi connectivity index (χ0v) is 77.4. The molecule has 28 nitrogen and oxygen atoms in total. The summed E-state index contributed by atoms with van der Waals surface area (Å²) in [6.07, 6.45) is 7.39. The van der Waals surface area contributed by atoms with Crippen molar-refractivity contribution in [3.63, 3.8) is 0 Å². The van der Waals surface area contributed by atoms with Gasteiger partial charge < -0.3 is 81.2 Å². The van der Waals surface area contributed by atoms with E-state index in [1.54, 1.807) is 216 Å². The Morgan fingerprint density at radius 1 is 0.303 bits per heavy atom. The number of hydrogen-bond donors (Lipinski definition) is 0. The Morgan fingerprint density at radius 3 is 0.803 bits per heavy atom. The molecule has 0 N–H and O–H groups in total. The summed E-state index contributed by atoms with van der Waals surface area (Å²) in [5.41, 5.74) is 10.9. The number of aryl methyl sites for hydroxylation is 3. The van der Waals surface area contributed by atoms with E-state index in [1.165, 1.54) is 37.5 Å². The molecule has 0 aliphatic heterocycles. The second kappa shape index (κ2) is 50.3. The zero-order valence-electron chi connectivity index (χ0n) is 76.6. The molecule has 0 atom stereocenters. The second-order valence-electron chi connectivity index (χ2n) is 29.3. The van der Waals surface area contributed by atoms with Gasteiger partial charge in [0.25, 0.3) is 10.1 Å². The molecule has 8 aromatic carbocycles. The molecule has 0 saturated carbocycles. The number of benzene rings is 8. The van der Waals surface area contributed by atoms with Crippen LogP contribution in [0.5, 0.6) is 98.3 Å². The summed E-state index contributed by atoms with van der Waals surface area (Å²) in [5.74, 6) is 7.80. The lowest BCUT2D eigenvalue weighted by Crippen LogP contribution is -2.28. The first kappa shape index (κ1) is 101. The number of amides is 4. The fraction of sp³-hybridized carbons (Fsp3) is 0.280. The maximum absolute atomic E-state index is 12.8. The minimum absolute atomic E-state index is 0.000356. The summed E-state index contributed by atoms with van der Waals surface area (Å²) in [5, 5.41) is 0. The molecule has 0 aliphatic rings. The highest BCUT2D eigenvalue weighted by Crippen LogP contribution is 2.41. The summed E-state index contributed by atoms with van der Waals surface area (Å²) in [7, 11) is 4.21. The summed E-state index contributed by atoms with van der Waals surface area (Å²) in [6.45, 7) is 16.2. The molecule has 12 rings (SSSR count). The highest BCUT2D eigenvalue weighted by Gasteiger charge is 2.28. The Hall–Kier alpha value is -14.7. The predicted octanol–water partition coefficient (Wildman–Crippen LogP) is 20.0. The van der Waals surface area contributed by atoms with Crippen LogP contribution in [0.4, 0.5) is 35.9 Å². The third-order valence-electron chi connectivity index (χ3n) is 20.3. The van der Waals surface area contributed by atoms with Crippen molar-refractivity contribution in [1.29, 1.82) is 0 Å². The van der Waals surface area contributed by atoms with Gasteiger partial charge in [-0.15, -0.1) is 0 Å². The standard InChI is InChI=1S/C26H30N2O7S.2C25H27FN2O4.C24H25FN2O5/c1-18-8-6-10-24(19(18)2)35-26-23(9-7-13-27-26)28(20(3)29)17-21-16-22(32-4)11-12-25(21)33-14-15-34-36(5,30)31;2*1-17-7-5-9-23(18(17)2)32-25-22(8-6-13-27-25)28(19(3)29)16-20-15-21(30-4)10-11-24(20)31-14-12-26;1-17(28)27(16-18-15-21(30-3)10-11-23(18)31-14-12-25)22-5-4-13-26-24(22)32-20-8-6-19(29-2)7-9-20/h6-13,16H,14-15,17H2,1-5H3;2*5-11,13,15H,12,14,16H2,1-4H3;4-11,13,15H,12,14,16H2,1-3H3/i;26-1;;25-1. The van der Waals surface area contributed by atoms with Crippen LogP contribution in [-0.4, -0.2) is 147 Å². The Bertz CT molecular complexity index is 5810. The van der Waals surface area contributed by atoms with Crippen molar-refractivity contribution in [2.75, 3.05) is 114 Å². The summed E-state index contributed by atoms with van der Waals surface area (Å²) in [4.78, 5) is 74.3. The van der Waals surface area contributed by atoms with Gasteiger partial charge in [-0.05, 0) is 239 Å². The Morgan fingerprint density at radius 2 is 0.553 bits per heavy atom. The second-order valence-corrected chi connectivity index (χ2v) is 30.9. The number of aromatic nitrogens is 4. The van der Waals surface area contributed by atoms with Crippen LogP contribution in [0.3, 0.4) is 0 Å². The van der Waals surface area contributed by atoms with Gasteiger partial charge in [-0.1, -0.05) is 36.4 Å². The van der Waals surface area contributed by atoms with Gasteiger partial charge in [-0.25, -0.2) is 33.1 Å². The molecule has 0 bridgehead atoms. The van der Waals surface area contributed by atoms with Crippen LogP contribution in [0, 0.1) is 41.5 Å². The first-order chi connectivity index (χ1) is 63.5. The van der Waals surface area contributed by atoms with Crippen LogP contribution >= 0.6 is 0 Å². The highest BCUT2D eigenvalue weighted by molar-refractivity contribution is 7.86. The van der Waals surface area contributed by atoms with Crippen molar-refractivity contribution in [3.8, 4) is 98.3 Å². The molecule has 0 fully saturated rings. The molecule has 132 heavy (non-hydrogen) atoms. The first-order valence-electron chi connectivity index (χ1n) is 41.7. The number of carbonyl (C=O) groups excluding carboxylic acids is 4. The number of pyridine rings is 4. The molecule has 0 aliphatic carbocycles. The number of methoxy groups -OCH3 is 5. The summed E-state index contributed by atoms with van der Waals surface area (Å²) >= 11 is 0. The van der Waals surface area contributed by atoms with E-state index in [0.717, 1.165) is 39.6 Å². The molecule has 4 amide bonds. The van der Waals surface area contributed by atoms with Gasteiger partial charge in [0.15, 0.2) is 0 Å². The van der Waals surface area contributed by atoms with Gasteiger partial charge >= 0.3 is 0 Å². The summed E-state index contributed by atoms with van der Waals surface area (Å²) in [6, 6.07) is 59.1. The number of carbonyl (C=O) groups is 4. The Balaban J connectivity index is 0.000000198. The SMILES string of the molecule is COc1ccc(OCCF)c(CN(C(C)=O)c2cccnc2Oc2cccc(C)c2C)c1.COc1ccc(OCCOS(C)(=O)=O)c(CN(C(C)=O)c2cccnc2Oc2cccc(C)c2C)c1.COc1ccc(OCC[18F])c(CN(C(C)=O)c2cccnc2Oc2cccc(C)c2C)c1.COc1ccc(Oc2ncccc2N(Cc2cc(OC)ccc2OCC[18F])C(C)=O)cc1.